The van der Waals surface area contributed by atoms with Gasteiger partial charge in [-0.1, -0.05) is 102 Å². The first kappa shape index (κ1) is 53.5. The van der Waals surface area contributed by atoms with Crippen LogP contribution in [0.5, 0.6) is 0 Å². The van der Waals surface area contributed by atoms with Crippen LogP contribution in [-0.2, 0) is 83.7 Å². The molecule has 0 saturated carbocycles. The molecule has 0 amide bonds. The summed E-state index contributed by atoms with van der Waals surface area (Å²) < 4.78 is 20.4. The smallest absolute Gasteiger partial charge is 0.431 e. The van der Waals surface area contributed by atoms with E-state index in [9.17, 15) is 38.4 Å². The minimum Gasteiger partial charge on any atom is -0.431 e. The summed E-state index contributed by atoms with van der Waals surface area (Å²) in [4.78, 5) is 138. The SMILES string of the molecule is CCCc1ccc(C(=O)OOC(=O)OCC(COC(=O)OOC(=O)c2ccc(CCC)cc2)(COC(=O)OOC(=O)c2ccc(CCC)cc2)COC(=O)OOC(=O)c2ccc(CCC)cc2)cc1. The fourth-order valence-corrected chi connectivity index (χ4v) is 6.06. The van der Waals surface area contributed by atoms with Crippen LogP contribution in [0.3, 0.4) is 0 Å². The van der Waals surface area contributed by atoms with Crippen LogP contribution in [0.15, 0.2) is 97.1 Å². The van der Waals surface area contributed by atoms with E-state index < -0.39 is 80.3 Å². The molecule has 4 aromatic carbocycles. The van der Waals surface area contributed by atoms with Gasteiger partial charge >= 0.3 is 48.5 Å². The quantitative estimate of drug-likeness (QED) is 0.0346. The fraction of sp³-hybridized carbons (Fsp3) is 0.347. The van der Waals surface area contributed by atoms with Gasteiger partial charge in [-0.05, 0) is 96.5 Å². The van der Waals surface area contributed by atoms with Crippen molar-refractivity contribution in [1.82, 2.24) is 0 Å². The molecule has 0 aromatic heterocycles. The monoisotopic (exact) mass is 960 g/mol. The van der Waals surface area contributed by atoms with E-state index in [1.807, 2.05) is 27.7 Å². The minimum atomic E-state index is -2.23. The number of carbonyl (C=O) groups is 8. The van der Waals surface area contributed by atoms with Gasteiger partial charge < -0.3 is 18.9 Å². The molecular formula is C49H52O20. The van der Waals surface area contributed by atoms with Crippen molar-refractivity contribution in [3.8, 4) is 0 Å². The van der Waals surface area contributed by atoms with Crippen LogP contribution in [0.1, 0.15) is 117 Å². The van der Waals surface area contributed by atoms with Gasteiger partial charge in [0.25, 0.3) is 0 Å². The average Bonchev–Trinajstić information content (AvgIpc) is 3.36. The summed E-state index contributed by atoms with van der Waals surface area (Å²) in [5.74, 6) is -4.36. The molecule has 4 aromatic rings. The Balaban J connectivity index is 1.50. The van der Waals surface area contributed by atoms with Crippen molar-refractivity contribution in [3.63, 3.8) is 0 Å². The van der Waals surface area contributed by atoms with Gasteiger partial charge in [-0.25, -0.2) is 58.3 Å². The Hall–Kier alpha value is -8.16. The number of hydrogen-bond donors (Lipinski definition) is 0. The van der Waals surface area contributed by atoms with Gasteiger partial charge in [0.1, 0.15) is 31.8 Å². The van der Waals surface area contributed by atoms with Gasteiger partial charge in [-0.2, -0.15) is 19.2 Å². The third-order valence-electron chi connectivity index (χ3n) is 9.64. The maximum atomic E-state index is 12.8. The molecule has 0 bridgehead atoms. The first-order valence-electron chi connectivity index (χ1n) is 21.8. The van der Waals surface area contributed by atoms with Crippen molar-refractivity contribution in [1.29, 1.82) is 0 Å². The van der Waals surface area contributed by atoms with Crippen LogP contribution in [0, 0.1) is 5.41 Å². The lowest BCUT2D eigenvalue weighted by atomic mass is 9.92. The summed E-state index contributed by atoms with van der Waals surface area (Å²) in [6.45, 7) is 3.59. The highest BCUT2D eigenvalue weighted by molar-refractivity contribution is 5.91. The summed E-state index contributed by atoms with van der Waals surface area (Å²) in [6.07, 6.45) is -0.294. The molecule has 0 heterocycles. The van der Waals surface area contributed by atoms with Crippen LogP contribution >= 0.6 is 0 Å². The van der Waals surface area contributed by atoms with Crippen molar-refractivity contribution in [2.24, 2.45) is 5.41 Å². The van der Waals surface area contributed by atoms with Crippen molar-refractivity contribution in [3.05, 3.63) is 142 Å². The highest BCUT2D eigenvalue weighted by atomic mass is 17.3. The molecular weight excluding hydrogens is 909 g/mol. The van der Waals surface area contributed by atoms with Crippen molar-refractivity contribution < 1.29 is 96.4 Å². The van der Waals surface area contributed by atoms with Crippen LogP contribution in [0.4, 0.5) is 19.2 Å². The minimum absolute atomic E-state index is 0.0142. The first-order chi connectivity index (χ1) is 33.3. The molecule has 0 radical (unpaired) electrons. The number of benzene rings is 4. The predicted octanol–water partition coefficient (Wildman–Crippen LogP) is 9.48. The van der Waals surface area contributed by atoms with Crippen molar-refractivity contribution in [2.75, 3.05) is 26.4 Å². The van der Waals surface area contributed by atoms with Gasteiger partial charge in [0.15, 0.2) is 0 Å². The first-order valence-corrected chi connectivity index (χ1v) is 21.8. The van der Waals surface area contributed by atoms with E-state index >= 15 is 0 Å². The maximum absolute atomic E-state index is 12.8. The normalized spacial score (nSPS) is 10.6. The molecule has 368 valence electrons. The lowest BCUT2D eigenvalue weighted by Gasteiger charge is -2.30. The molecule has 20 heteroatoms. The molecule has 69 heavy (non-hydrogen) atoms. The largest absolute Gasteiger partial charge is 0.549 e. The van der Waals surface area contributed by atoms with Crippen LogP contribution < -0.4 is 0 Å². The van der Waals surface area contributed by atoms with Gasteiger partial charge in [0.05, 0.1) is 22.3 Å². The third-order valence-corrected chi connectivity index (χ3v) is 9.64. The average molecular weight is 961 g/mol. The van der Waals surface area contributed by atoms with Crippen LogP contribution in [0.2, 0.25) is 0 Å². The third kappa shape index (κ3) is 18.6. The number of aryl methyl sites for hydroxylation is 4. The molecule has 0 aliphatic heterocycles. The number of carbonyl (C=O) groups excluding carboxylic acids is 8. The number of hydrogen-bond acceptors (Lipinski definition) is 20. The zero-order chi connectivity index (χ0) is 50.0. The Morgan fingerprint density at radius 2 is 0.493 bits per heavy atom. The second-order valence-corrected chi connectivity index (χ2v) is 15.3. The molecule has 0 aliphatic carbocycles. The lowest BCUT2D eigenvalue weighted by Crippen LogP contribution is -2.44. The van der Waals surface area contributed by atoms with Gasteiger partial charge in [-0.15, -0.1) is 0 Å². The van der Waals surface area contributed by atoms with E-state index in [-0.39, 0.29) is 22.3 Å². The zero-order valence-corrected chi connectivity index (χ0v) is 38.4. The summed E-state index contributed by atoms with van der Waals surface area (Å²) >= 11 is 0. The molecule has 0 atom stereocenters. The van der Waals surface area contributed by atoms with Gasteiger partial charge in [0.2, 0.25) is 0 Å². The van der Waals surface area contributed by atoms with E-state index in [2.05, 4.69) is 39.1 Å². The van der Waals surface area contributed by atoms with Crippen LogP contribution in [0.25, 0.3) is 0 Å². The molecule has 20 nitrogen and oxygen atoms in total. The molecule has 0 spiro atoms. The molecule has 0 saturated heterocycles. The maximum Gasteiger partial charge on any atom is 0.549 e. The van der Waals surface area contributed by atoms with Gasteiger partial charge in [0, 0.05) is 0 Å². The molecule has 0 N–H and O–H groups in total. The van der Waals surface area contributed by atoms with E-state index in [1.165, 1.54) is 48.5 Å². The molecule has 0 fully saturated rings. The molecule has 0 aliphatic rings. The van der Waals surface area contributed by atoms with Gasteiger partial charge in [-0.3, -0.25) is 0 Å². The van der Waals surface area contributed by atoms with Crippen molar-refractivity contribution >= 4 is 48.5 Å². The molecule has 4 rings (SSSR count). The highest BCUT2D eigenvalue weighted by Gasteiger charge is 2.40. The van der Waals surface area contributed by atoms with Crippen LogP contribution in [-0.4, -0.2) is 74.9 Å². The predicted molar refractivity (Wildman–Crippen MR) is 236 cm³/mol. The second kappa shape index (κ2) is 28.1. The Kier molecular flexibility index (Phi) is 21.8. The highest BCUT2D eigenvalue weighted by Crippen LogP contribution is 2.23. The number of ether oxygens (including phenoxy) is 4. The Labute approximate surface area is 396 Å². The summed E-state index contributed by atoms with van der Waals surface area (Å²) in [5, 5.41) is 0. The summed E-state index contributed by atoms with van der Waals surface area (Å²) in [6, 6.07) is 25.0. The lowest BCUT2D eigenvalue weighted by molar-refractivity contribution is -0.223. The van der Waals surface area contributed by atoms with E-state index in [0.29, 0.717) is 0 Å². The zero-order valence-electron chi connectivity index (χ0n) is 38.4. The Morgan fingerprint density at radius 3 is 0.667 bits per heavy atom. The topological polar surface area (TPSA) is 247 Å². The summed E-state index contributed by atoms with van der Waals surface area (Å²) in [7, 11) is 0. The summed E-state index contributed by atoms with van der Waals surface area (Å²) in [5.41, 5.74) is 1.59. The van der Waals surface area contributed by atoms with E-state index in [1.54, 1.807) is 48.5 Å². The number of rotatable bonds is 20. The second-order valence-electron chi connectivity index (χ2n) is 15.3. The standard InChI is InChI=1S/C49H52O20/c1-5-9-33-13-21-37(22-14-33)41(50)62-66-45(54)58-29-49(30-59-46(55)67-63-42(51)38-23-15-34(10-6-2)16-24-38,31-60-47(56)68-64-43(52)39-25-17-35(11-7-3)18-26-39)32-61-48(57)69-65-44(53)40-27-19-36(12-8-4)20-28-40/h13-28H,5-12,29-32H2,1-4H3. The molecule has 0 unspecified atom stereocenters. The fourth-order valence-electron chi connectivity index (χ4n) is 6.06. The Morgan fingerprint density at radius 1 is 0.304 bits per heavy atom. The van der Waals surface area contributed by atoms with E-state index in [4.69, 9.17) is 18.9 Å². The van der Waals surface area contributed by atoms with Crippen molar-refractivity contribution in [2.45, 2.75) is 79.1 Å². The van der Waals surface area contributed by atoms with E-state index in [0.717, 1.165) is 73.6 Å². The Bertz CT molecular complexity index is 1990.